The van der Waals surface area contributed by atoms with Crippen LogP contribution in [0.3, 0.4) is 0 Å². The highest BCUT2D eigenvalue weighted by Crippen LogP contribution is 2.28. The Morgan fingerprint density at radius 3 is 2.43 bits per heavy atom. The zero-order chi connectivity index (χ0) is 20.1. The van der Waals surface area contributed by atoms with Gasteiger partial charge in [0.15, 0.2) is 0 Å². The molecule has 5 heteroatoms. The molecule has 2 aliphatic heterocycles. The molecular weight excluding hydrogens is 350 g/mol. The molecule has 2 saturated heterocycles. The van der Waals surface area contributed by atoms with E-state index in [4.69, 9.17) is 4.74 Å². The number of nitrogens with zero attached hydrogens (tertiary/aromatic N) is 3. The molecule has 0 bridgehead atoms. The summed E-state index contributed by atoms with van der Waals surface area (Å²) in [6, 6.07) is 8.90. The van der Waals surface area contributed by atoms with Gasteiger partial charge in [0.1, 0.15) is 5.75 Å². The van der Waals surface area contributed by atoms with Crippen molar-refractivity contribution in [3.8, 4) is 5.75 Å². The minimum Gasteiger partial charge on any atom is -0.491 e. The first kappa shape index (κ1) is 21.0. The molecule has 0 aliphatic carbocycles. The second-order valence-corrected chi connectivity index (χ2v) is 8.73. The maximum absolute atomic E-state index is 13.1. The van der Waals surface area contributed by atoms with Gasteiger partial charge in [-0.3, -0.25) is 9.69 Å². The van der Waals surface area contributed by atoms with E-state index in [0.717, 1.165) is 64.3 Å². The molecule has 156 valence electrons. The maximum atomic E-state index is 13.1. The van der Waals surface area contributed by atoms with Crippen LogP contribution in [0.1, 0.15) is 47.0 Å². The number of benzene rings is 1. The van der Waals surface area contributed by atoms with Crippen molar-refractivity contribution in [3.05, 3.63) is 24.3 Å². The number of amides is 1. The van der Waals surface area contributed by atoms with Crippen molar-refractivity contribution in [2.45, 2.75) is 59.1 Å². The van der Waals surface area contributed by atoms with E-state index in [-0.39, 0.29) is 12.0 Å². The molecule has 0 saturated carbocycles. The Morgan fingerprint density at radius 1 is 1.00 bits per heavy atom. The number of piperidine rings is 1. The minimum atomic E-state index is 0.178. The highest BCUT2D eigenvalue weighted by Gasteiger charge is 2.30. The summed E-state index contributed by atoms with van der Waals surface area (Å²) in [5.41, 5.74) is 1.20. The highest BCUT2D eigenvalue weighted by atomic mass is 16.5. The summed E-state index contributed by atoms with van der Waals surface area (Å²) in [5, 5.41) is 0. The van der Waals surface area contributed by atoms with E-state index in [1.165, 1.54) is 5.69 Å². The van der Waals surface area contributed by atoms with E-state index in [0.29, 0.717) is 11.9 Å². The zero-order valence-electron chi connectivity index (χ0n) is 18.1. The Morgan fingerprint density at radius 2 is 1.75 bits per heavy atom. The van der Waals surface area contributed by atoms with Crippen LogP contribution in [0.2, 0.25) is 0 Å². The van der Waals surface area contributed by atoms with Crippen molar-refractivity contribution < 1.29 is 9.53 Å². The fourth-order valence-electron chi connectivity index (χ4n) is 4.34. The number of hydrogen-bond donors (Lipinski definition) is 0. The van der Waals surface area contributed by atoms with Crippen molar-refractivity contribution >= 4 is 11.6 Å². The predicted molar refractivity (Wildman–Crippen MR) is 115 cm³/mol. The average molecular weight is 388 g/mol. The van der Waals surface area contributed by atoms with E-state index in [1.54, 1.807) is 0 Å². The SMILES string of the molecule is CC(C)Oc1cccc(N2CCC(C(=O)N3CCCN(C(C)C)CC3)CC2)c1. The van der Waals surface area contributed by atoms with Crippen molar-refractivity contribution in [2.24, 2.45) is 5.92 Å². The molecule has 5 nitrogen and oxygen atoms in total. The lowest BCUT2D eigenvalue weighted by molar-refractivity contribution is -0.136. The van der Waals surface area contributed by atoms with E-state index >= 15 is 0 Å². The summed E-state index contributed by atoms with van der Waals surface area (Å²) in [6.45, 7) is 14.4. The number of hydrogen-bond acceptors (Lipinski definition) is 4. The van der Waals surface area contributed by atoms with Crippen LogP contribution < -0.4 is 9.64 Å². The van der Waals surface area contributed by atoms with Crippen LogP contribution in [-0.4, -0.2) is 67.1 Å². The first-order valence-electron chi connectivity index (χ1n) is 11.0. The van der Waals surface area contributed by atoms with Gasteiger partial charge in [0.05, 0.1) is 6.10 Å². The second-order valence-electron chi connectivity index (χ2n) is 8.73. The minimum absolute atomic E-state index is 0.178. The molecule has 0 N–H and O–H groups in total. The van der Waals surface area contributed by atoms with Crippen LogP contribution in [-0.2, 0) is 4.79 Å². The van der Waals surface area contributed by atoms with Crippen LogP contribution in [0, 0.1) is 5.92 Å². The topological polar surface area (TPSA) is 36.0 Å². The van der Waals surface area contributed by atoms with Crippen LogP contribution in [0.4, 0.5) is 5.69 Å². The van der Waals surface area contributed by atoms with Gasteiger partial charge in [0, 0.05) is 63.0 Å². The summed E-state index contributed by atoms with van der Waals surface area (Å²) < 4.78 is 5.83. The Labute approximate surface area is 170 Å². The molecule has 2 fully saturated rings. The third-order valence-corrected chi connectivity index (χ3v) is 5.97. The molecule has 1 amide bonds. The lowest BCUT2D eigenvalue weighted by atomic mass is 9.94. The van der Waals surface area contributed by atoms with Crippen molar-refractivity contribution in [1.82, 2.24) is 9.80 Å². The summed E-state index contributed by atoms with van der Waals surface area (Å²) in [4.78, 5) is 20.1. The van der Waals surface area contributed by atoms with Gasteiger partial charge in [-0.05, 0) is 59.1 Å². The monoisotopic (exact) mass is 387 g/mol. The quantitative estimate of drug-likeness (QED) is 0.773. The predicted octanol–water partition coefficient (Wildman–Crippen LogP) is 3.63. The molecular formula is C23H37N3O2. The summed E-state index contributed by atoms with van der Waals surface area (Å²) in [5.74, 6) is 1.48. The normalized spacial score (nSPS) is 19.9. The molecule has 0 spiro atoms. The number of carbonyl (C=O) groups is 1. The zero-order valence-corrected chi connectivity index (χ0v) is 18.1. The van der Waals surface area contributed by atoms with E-state index in [9.17, 15) is 4.79 Å². The first-order chi connectivity index (χ1) is 13.4. The highest BCUT2D eigenvalue weighted by molar-refractivity contribution is 5.79. The Kier molecular flexibility index (Phi) is 7.22. The summed E-state index contributed by atoms with van der Waals surface area (Å²) in [7, 11) is 0. The van der Waals surface area contributed by atoms with Gasteiger partial charge in [-0.25, -0.2) is 0 Å². The molecule has 3 rings (SSSR count). The molecule has 2 heterocycles. The van der Waals surface area contributed by atoms with Crippen LogP contribution in [0.15, 0.2) is 24.3 Å². The Hall–Kier alpha value is -1.75. The van der Waals surface area contributed by atoms with Gasteiger partial charge in [0.2, 0.25) is 5.91 Å². The number of ether oxygens (including phenoxy) is 1. The number of anilines is 1. The van der Waals surface area contributed by atoms with Crippen LogP contribution in [0.5, 0.6) is 5.75 Å². The third-order valence-electron chi connectivity index (χ3n) is 5.97. The second kappa shape index (κ2) is 9.64. The van der Waals surface area contributed by atoms with Crippen LogP contribution in [0.25, 0.3) is 0 Å². The van der Waals surface area contributed by atoms with E-state index in [2.05, 4.69) is 46.7 Å². The van der Waals surface area contributed by atoms with Crippen LogP contribution >= 0.6 is 0 Å². The number of carbonyl (C=O) groups excluding carboxylic acids is 1. The fraction of sp³-hybridized carbons (Fsp3) is 0.696. The van der Waals surface area contributed by atoms with Gasteiger partial charge < -0.3 is 14.5 Å². The van der Waals surface area contributed by atoms with Gasteiger partial charge in [0.25, 0.3) is 0 Å². The fourth-order valence-corrected chi connectivity index (χ4v) is 4.34. The molecule has 0 aromatic heterocycles. The molecule has 0 radical (unpaired) electrons. The first-order valence-corrected chi connectivity index (χ1v) is 11.0. The molecule has 1 aromatic rings. The average Bonchev–Trinajstić information content (AvgIpc) is 2.94. The lowest BCUT2D eigenvalue weighted by Crippen LogP contribution is -2.44. The van der Waals surface area contributed by atoms with Crippen molar-refractivity contribution in [1.29, 1.82) is 0 Å². The van der Waals surface area contributed by atoms with E-state index in [1.807, 2.05) is 19.9 Å². The molecule has 28 heavy (non-hydrogen) atoms. The molecule has 2 aliphatic rings. The third kappa shape index (κ3) is 5.40. The summed E-state index contributed by atoms with van der Waals surface area (Å²) in [6.07, 6.45) is 3.15. The Balaban J connectivity index is 1.53. The van der Waals surface area contributed by atoms with Gasteiger partial charge in [-0.2, -0.15) is 0 Å². The standard InChI is InChI=1S/C23H37N3O2/c1-18(2)24-11-6-12-26(16-15-24)23(27)20-9-13-25(14-10-20)21-7-5-8-22(17-21)28-19(3)4/h5,7-8,17-20H,6,9-16H2,1-4H3. The summed E-state index contributed by atoms with van der Waals surface area (Å²) >= 11 is 0. The smallest absolute Gasteiger partial charge is 0.225 e. The van der Waals surface area contributed by atoms with Gasteiger partial charge in [-0.15, -0.1) is 0 Å². The molecule has 1 aromatic carbocycles. The maximum Gasteiger partial charge on any atom is 0.225 e. The van der Waals surface area contributed by atoms with Gasteiger partial charge >= 0.3 is 0 Å². The van der Waals surface area contributed by atoms with Gasteiger partial charge in [-0.1, -0.05) is 6.07 Å². The number of rotatable bonds is 5. The molecule has 0 unspecified atom stereocenters. The largest absolute Gasteiger partial charge is 0.491 e. The Bertz CT molecular complexity index is 638. The van der Waals surface area contributed by atoms with E-state index < -0.39 is 0 Å². The molecule has 0 atom stereocenters. The van der Waals surface area contributed by atoms with Crippen molar-refractivity contribution in [3.63, 3.8) is 0 Å². The van der Waals surface area contributed by atoms with Crippen molar-refractivity contribution in [2.75, 3.05) is 44.2 Å². The lowest BCUT2D eigenvalue weighted by Gasteiger charge is -2.35.